The van der Waals surface area contributed by atoms with E-state index in [0.29, 0.717) is 23.6 Å². The highest BCUT2D eigenvalue weighted by molar-refractivity contribution is 7.18. The van der Waals surface area contributed by atoms with Gasteiger partial charge in [-0.05, 0) is 19.1 Å². The highest BCUT2D eigenvalue weighted by atomic mass is 32.1. The summed E-state index contributed by atoms with van der Waals surface area (Å²) in [7, 11) is 1.66. The van der Waals surface area contributed by atoms with Crippen molar-refractivity contribution in [1.29, 1.82) is 0 Å². The molecule has 0 saturated carbocycles. The van der Waals surface area contributed by atoms with E-state index in [4.69, 9.17) is 9.26 Å². The molecule has 8 heteroatoms. The van der Waals surface area contributed by atoms with Crippen LogP contribution in [-0.2, 0) is 16.1 Å². The Balaban J connectivity index is 1.60. The molecule has 27 heavy (non-hydrogen) atoms. The monoisotopic (exact) mass is 387 g/mol. The topological polar surface area (TPSA) is 85.5 Å². The van der Waals surface area contributed by atoms with Crippen molar-refractivity contribution in [1.82, 2.24) is 15.0 Å². The maximum absolute atomic E-state index is 12.4. The SMILES string of the molecule is Cc1noc(C(C)C)c1C(=O)OCC(=O)N(C)Cc1nc2ccccc2s1. The van der Waals surface area contributed by atoms with Crippen molar-refractivity contribution in [2.75, 3.05) is 13.7 Å². The number of esters is 1. The van der Waals surface area contributed by atoms with Crippen molar-refractivity contribution >= 4 is 33.4 Å². The Morgan fingerprint density at radius 2 is 2.04 bits per heavy atom. The van der Waals surface area contributed by atoms with Gasteiger partial charge in [-0.15, -0.1) is 11.3 Å². The highest BCUT2D eigenvalue weighted by Crippen LogP contribution is 2.24. The van der Waals surface area contributed by atoms with E-state index in [1.807, 2.05) is 38.1 Å². The van der Waals surface area contributed by atoms with E-state index in [0.717, 1.165) is 15.2 Å². The van der Waals surface area contributed by atoms with E-state index in [9.17, 15) is 9.59 Å². The van der Waals surface area contributed by atoms with Gasteiger partial charge in [-0.1, -0.05) is 31.1 Å². The number of hydrogen-bond donors (Lipinski definition) is 0. The lowest BCUT2D eigenvalue weighted by molar-refractivity contribution is -0.133. The third kappa shape index (κ3) is 4.16. The van der Waals surface area contributed by atoms with Crippen LogP contribution in [0.15, 0.2) is 28.8 Å². The van der Waals surface area contributed by atoms with E-state index < -0.39 is 5.97 Å². The Morgan fingerprint density at radius 1 is 1.30 bits per heavy atom. The summed E-state index contributed by atoms with van der Waals surface area (Å²) in [6.07, 6.45) is 0. The van der Waals surface area contributed by atoms with Crippen LogP contribution in [0.3, 0.4) is 0 Å². The zero-order valence-electron chi connectivity index (χ0n) is 15.7. The first kappa shape index (κ1) is 19.0. The molecule has 0 fully saturated rings. The number of fused-ring (bicyclic) bond motifs is 1. The molecule has 0 N–H and O–H groups in total. The summed E-state index contributed by atoms with van der Waals surface area (Å²) in [5.41, 5.74) is 1.67. The number of benzene rings is 1. The van der Waals surface area contributed by atoms with E-state index in [-0.39, 0.29) is 18.4 Å². The molecule has 1 aromatic carbocycles. The maximum atomic E-state index is 12.4. The minimum atomic E-state index is -0.598. The Kier molecular flexibility index (Phi) is 5.55. The number of amides is 1. The second-order valence-corrected chi connectivity index (χ2v) is 7.68. The van der Waals surface area contributed by atoms with Crippen LogP contribution in [0.25, 0.3) is 10.2 Å². The molecule has 0 radical (unpaired) electrons. The summed E-state index contributed by atoms with van der Waals surface area (Å²) in [6.45, 7) is 5.48. The molecule has 0 saturated heterocycles. The summed E-state index contributed by atoms with van der Waals surface area (Å²) < 4.78 is 11.5. The molecular formula is C19H21N3O4S. The standard InChI is InChI=1S/C19H21N3O4S/c1-11(2)18-17(12(3)21-26-18)19(24)25-10-16(23)22(4)9-15-20-13-7-5-6-8-14(13)27-15/h5-8,11H,9-10H2,1-4H3. The quantitative estimate of drug-likeness (QED) is 0.602. The average molecular weight is 387 g/mol. The lowest BCUT2D eigenvalue weighted by Crippen LogP contribution is -2.31. The number of carbonyl (C=O) groups excluding carboxylic acids is 2. The predicted octanol–water partition coefficient (Wildman–Crippen LogP) is 3.53. The number of ether oxygens (including phenoxy) is 1. The van der Waals surface area contributed by atoms with Gasteiger partial charge in [0.2, 0.25) is 0 Å². The molecule has 1 amide bonds. The summed E-state index contributed by atoms with van der Waals surface area (Å²) in [5, 5.41) is 4.65. The minimum absolute atomic E-state index is 0.00818. The van der Waals surface area contributed by atoms with Gasteiger partial charge in [-0.3, -0.25) is 4.79 Å². The van der Waals surface area contributed by atoms with E-state index in [2.05, 4.69) is 10.1 Å². The Bertz CT molecular complexity index is 943. The van der Waals surface area contributed by atoms with Gasteiger partial charge in [0.05, 0.1) is 22.5 Å². The molecule has 3 rings (SSSR count). The fraction of sp³-hybridized carbons (Fsp3) is 0.368. The predicted molar refractivity (Wildman–Crippen MR) is 102 cm³/mol. The van der Waals surface area contributed by atoms with Gasteiger partial charge in [0.15, 0.2) is 12.4 Å². The fourth-order valence-electron chi connectivity index (χ4n) is 2.62. The van der Waals surface area contributed by atoms with Crippen LogP contribution in [-0.4, -0.2) is 40.6 Å². The molecule has 0 aliphatic carbocycles. The second-order valence-electron chi connectivity index (χ2n) is 6.56. The smallest absolute Gasteiger partial charge is 0.344 e. The van der Waals surface area contributed by atoms with Crippen molar-refractivity contribution in [2.24, 2.45) is 0 Å². The fourth-order valence-corrected chi connectivity index (χ4v) is 3.64. The highest BCUT2D eigenvalue weighted by Gasteiger charge is 2.25. The lowest BCUT2D eigenvalue weighted by Gasteiger charge is -2.15. The van der Waals surface area contributed by atoms with Crippen LogP contribution in [0.1, 0.15) is 46.6 Å². The summed E-state index contributed by atoms with van der Waals surface area (Å²) in [4.78, 5) is 30.7. The zero-order valence-corrected chi connectivity index (χ0v) is 16.5. The number of likely N-dealkylation sites (N-methyl/N-ethyl adjacent to an activating group) is 1. The third-order valence-corrected chi connectivity index (χ3v) is 5.10. The first-order valence-corrected chi connectivity index (χ1v) is 9.40. The molecule has 0 spiro atoms. The molecule has 0 bridgehead atoms. The normalized spacial score (nSPS) is 11.1. The van der Waals surface area contributed by atoms with Gasteiger partial charge in [0.1, 0.15) is 10.6 Å². The largest absolute Gasteiger partial charge is 0.452 e. The first-order valence-electron chi connectivity index (χ1n) is 8.58. The maximum Gasteiger partial charge on any atom is 0.344 e. The van der Waals surface area contributed by atoms with Gasteiger partial charge < -0.3 is 14.2 Å². The number of carbonyl (C=O) groups is 2. The molecule has 0 aliphatic rings. The van der Waals surface area contributed by atoms with E-state index in [1.165, 1.54) is 16.2 Å². The molecule has 2 heterocycles. The summed E-state index contributed by atoms with van der Waals surface area (Å²) in [5.74, 6) is -0.444. The van der Waals surface area contributed by atoms with Crippen LogP contribution in [0.5, 0.6) is 0 Å². The zero-order chi connectivity index (χ0) is 19.6. The number of rotatable bonds is 6. The van der Waals surface area contributed by atoms with Crippen molar-refractivity contribution < 1.29 is 18.8 Å². The number of aromatic nitrogens is 2. The van der Waals surface area contributed by atoms with Crippen LogP contribution >= 0.6 is 11.3 Å². The third-order valence-electron chi connectivity index (χ3n) is 4.08. The van der Waals surface area contributed by atoms with Crippen molar-refractivity contribution in [3.05, 3.63) is 46.3 Å². The molecule has 0 unspecified atom stereocenters. The van der Waals surface area contributed by atoms with E-state index in [1.54, 1.807) is 14.0 Å². The van der Waals surface area contributed by atoms with E-state index >= 15 is 0 Å². The summed E-state index contributed by atoms with van der Waals surface area (Å²) in [6, 6.07) is 7.81. The molecular weight excluding hydrogens is 366 g/mol. The number of para-hydroxylation sites is 1. The van der Waals surface area contributed by atoms with Crippen LogP contribution in [0.2, 0.25) is 0 Å². The van der Waals surface area contributed by atoms with Crippen molar-refractivity contribution in [3.63, 3.8) is 0 Å². The van der Waals surface area contributed by atoms with Gasteiger partial charge in [-0.2, -0.15) is 0 Å². The van der Waals surface area contributed by atoms with Crippen LogP contribution in [0, 0.1) is 6.92 Å². The molecule has 7 nitrogen and oxygen atoms in total. The number of aryl methyl sites for hydroxylation is 1. The molecule has 142 valence electrons. The molecule has 0 atom stereocenters. The average Bonchev–Trinajstić information content (AvgIpc) is 3.21. The minimum Gasteiger partial charge on any atom is -0.452 e. The Labute approximate surface area is 160 Å². The Morgan fingerprint density at radius 3 is 2.74 bits per heavy atom. The second kappa shape index (κ2) is 7.87. The summed E-state index contributed by atoms with van der Waals surface area (Å²) >= 11 is 1.54. The molecule has 0 aliphatic heterocycles. The van der Waals surface area contributed by atoms with Gasteiger partial charge in [0, 0.05) is 13.0 Å². The van der Waals surface area contributed by atoms with Crippen LogP contribution in [0.4, 0.5) is 0 Å². The first-order chi connectivity index (χ1) is 12.9. The molecule has 3 aromatic rings. The van der Waals surface area contributed by atoms with Crippen molar-refractivity contribution in [3.8, 4) is 0 Å². The number of nitrogens with zero attached hydrogens (tertiary/aromatic N) is 3. The number of thiazole rings is 1. The van der Waals surface area contributed by atoms with Gasteiger partial charge >= 0.3 is 5.97 Å². The number of hydrogen-bond acceptors (Lipinski definition) is 7. The van der Waals surface area contributed by atoms with Crippen LogP contribution < -0.4 is 0 Å². The lowest BCUT2D eigenvalue weighted by atomic mass is 10.1. The van der Waals surface area contributed by atoms with Gasteiger partial charge in [-0.25, -0.2) is 9.78 Å². The van der Waals surface area contributed by atoms with Crippen molar-refractivity contribution in [2.45, 2.75) is 33.2 Å². The van der Waals surface area contributed by atoms with Gasteiger partial charge in [0.25, 0.3) is 5.91 Å². The Hall–Kier alpha value is -2.74. The molecule has 2 aromatic heterocycles.